The molecule has 4 atom stereocenters. The number of hydrogen-bond acceptors (Lipinski definition) is 2. The van der Waals surface area contributed by atoms with Crippen LogP contribution in [-0.4, -0.2) is 17.5 Å². The Balaban J connectivity index is 1.89. The lowest BCUT2D eigenvalue weighted by molar-refractivity contribution is -0.129. The lowest BCUT2D eigenvalue weighted by atomic mass is 9.76. The molecule has 0 heterocycles. The normalized spacial score (nSPS) is 39.8. The van der Waals surface area contributed by atoms with Crippen LogP contribution in [0.3, 0.4) is 0 Å². The number of carbonyl (C=O) groups is 1. The van der Waals surface area contributed by atoms with Gasteiger partial charge in [0.05, 0.1) is 5.54 Å². The molecular formula is C16H30N2O. The molecule has 3 heteroatoms. The van der Waals surface area contributed by atoms with Gasteiger partial charge in [0.1, 0.15) is 0 Å². The molecule has 0 bridgehead atoms. The fourth-order valence-corrected chi connectivity index (χ4v) is 3.92. The molecule has 4 unspecified atom stereocenters. The van der Waals surface area contributed by atoms with E-state index in [1.165, 1.54) is 25.7 Å². The van der Waals surface area contributed by atoms with Gasteiger partial charge in [0, 0.05) is 6.04 Å². The number of nitrogens with one attached hydrogen (secondary N) is 1. The average molecular weight is 266 g/mol. The average Bonchev–Trinajstić information content (AvgIpc) is 2.38. The van der Waals surface area contributed by atoms with Crippen LogP contribution in [0.5, 0.6) is 0 Å². The van der Waals surface area contributed by atoms with Gasteiger partial charge >= 0.3 is 0 Å². The van der Waals surface area contributed by atoms with Gasteiger partial charge in [-0.15, -0.1) is 0 Å². The maximum Gasteiger partial charge on any atom is 0.240 e. The molecule has 110 valence electrons. The minimum absolute atomic E-state index is 0.112. The molecule has 0 radical (unpaired) electrons. The molecule has 2 saturated carbocycles. The van der Waals surface area contributed by atoms with Crippen molar-refractivity contribution in [3.63, 3.8) is 0 Å². The molecule has 0 aliphatic heterocycles. The minimum atomic E-state index is -0.600. The topological polar surface area (TPSA) is 55.1 Å². The van der Waals surface area contributed by atoms with E-state index >= 15 is 0 Å². The van der Waals surface area contributed by atoms with E-state index in [4.69, 9.17) is 5.73 Å². The van der Waals surface area contributed by atoms with Crippen molar-refractivity contribution in [2.75, 3.05) is 0 Å². The van der Waals surface area contributed by atoms with Crippen molar-refractivity contribution in [1.29, 1.82) is 0 Å². The fraction of sp³-hybridized carbons (Fsp3) is 0.938. The first-order chi connectivity index (χ1) is 9.03. The molecule has 1 amide bonds. The third-order valence-electron chi connectivity index (χ3n) is 5.18. The van der Waals surface area contributed by atoms with Crippen molar-refractivity contribution in [3.05, 3.63) is 0 Å². The van der Waals surface area contributed by atoms with Crippen molar-refractivity contribution in [3.8, 4) is 0 Å². The van der Waals surface area contributed by atoms with Gasteiger partial charge in [-0.1, -0.05) is 46.0 Å². The Hall–Kier alpha value is -0.570. The summed E-state index contributed by atoms with van der Waals surface area (Å²) in [5.41, 5.74) is 5.76. The highest BCUT2D eigenvalue weighted by molar-refractivity contribution is 5.86. The monoisotopic (exact) mass is 266 g/mol. The second kappa shape index (κ2) is 6.25. The van der Waals surface area contributed by atoms with Crippen molar-refractivity contribution < 1.29 is 4.79 Å². The molecule has 0 spiro atoms. The SMILES string of the molecule is CCC1CCCC(NC(=O)C2(N)CCCC(C)C2)C1. The molecule has 2 aliphatic carbocycles. The van der Waals surface area contributed by atoms with Gasteiger partial charge in [0.25, 0.3) is 0 Å². The first kappa shape index (κ1) is 14.8. The first-order valence-corrected chi connectivity index (χ1v) is 8.13. The smallest absolute Gasteiger partial charge is 0.240 e. The van der Waals surface area contributed by atoms with Crippen LogP contribution in [0.4, 0.5) is 0 Å². The van der Waals surface area contributed by atoms with Crippen LogP contribution in [0.2, 0.25) is 0 Å². The molecule has 3 N–H and O–H groups in total. The van der Waals surface area contributed by atoms with Crippen molar-refractivity contribution in [1.82, 2.24) is 5.32 Å². The van der Waals surface area contributed by atoms with Crippen LogP contribution in [0, 0.1) is 11.8 Å². The Morgan fingerprint density at radius 1 is 1.32 bits per heavy atom. The number of nitrogens with two attached hydrogens (primary N) is 1. The van der Waals surface area contributed by atoms with E-state index in [2.05, 4.69) is 19.2 Å². The molecule has 0 aromatic heterocycles. The lowest BCUT2D eigenvalue weighted by Crippen LogP contribution is -2.58. The summed E-state index contributed by atoms with van der Waals surface area (Å²) in [6.45, 7) is 4.46. The highest BCUT2D eigenvalue weighted by atomic mass is 16.2. The number of hydrogen-bond donors (Lipinski definition) is 2. The zero-order valence-electron chi connectivity index (χ0n) is 12.6. The first-order valence-electron chi connectivity index (χ1n) is 8.13. The van der Waals surface area contributed by atoms with Crippen molar-refractivity contribution in [2.24, 2.45) is 17.6 Å². The molecule has 0 saturated heterocycles. The van der Waals surface area contributed by atoms with Gasteiger partial charge in [-0.05, 0) is 37.5 Å². The Morgan fingerprint density at radius 3 is 2.79 bits per heavy atom. The molecule has 0 aromatic carbocycles. The second-order valence-electron chi connectivity index (χ2n) is 6.97. The second-order valence-corrected chi connectivity index (χ2v) is 6.97. The standard InChI is InChI=1S/C16H30N2O/c1-3-13-7-4-8-14(10-13)18-15(19)16(17)9-5-6-12(2)11-16/h12-14H,3-11,17H2,1-2H3,(H,18,19). The van der Waals surface area contributed by atoms with Crippen LogP contribution in [0.25, 0.3) is 0 Å². The van der Waals surface area contributed by atoms with Gasteiger partial charge in [-0.2, -0.15) is 0 Å². The third-order valence-corrected chi connectivity index (χ3v) is 5.18. The Labute approximate surface area is 117 Å². The van der Waals surface area contributed by atoms with Crippen LogP contribution in [-0.2, 0) is 4.79 Å². The van der Waals surface area contributed by atoms with Crippen LogP contribution < -0.4 is 11.1 Å². The van der Waals surface area contributed by atoms with Crippen LogP contribution in [0.15, 0.2) is 0 Å². The van der Waals surface area contributed by atoms with Gasteiger partial charge in [0.2, 0.25) is 5.91 Å². The predicted octanol–water partition coefficient (Wildman–Crippen LogP) is 2.98. The Bertz CT molecular complexity index is 318. The quantitative estimate of drug-likeness (QED) is 0.825. The van der Waals surface area contributed by atoms with Crippen molar-refractivity contribution >= 4 is 5.91 Å². The summed E-state index contributed by atoms with van der Waals surface area (Å²) >= 11 is 0. The zero-order valence-corrected chi connectivity index (χ0v) is 12.6. The van der Waals surface area contributed by atoms with E-state index in [1.807, 2.05) is 0 Å². The fourth-order valence-electron chi connectivity index (χ4n) is 3.92. The van der Waals surface area contributed by atoms with E-state index in [0.29, 0.717) is 12.0 Å². The summed E-state index contributed by atoms with van der Waals surface area (Å²) in [6, 6.07) is 0.365. The van der Waals surface area contributed by atoms with Gasteiger partial charge in [0.15, 0.2) is 0 Å². The van der Waals surface area contributed by atoms with E-state index < -0.39 is 5.54 Å². The number of carbonyl (C=O) groups excluding carboxylic acids is 1. The predicted molar refractivity (Wildman–Crippen MR) is 78.7 cm³/mol. The minimum Gasteiger partial charge on any atom is -0.352 e. The number of amides is 1. The molecule has 2 rings (SSSR count). The Morgan fingerprint density at radius 2 is 2.11 bits per heavy atom. The summed E-state index contributed by atoms with van der Waals surface area (Å²) in [5.74, 6) is 1.48. The highest BCUT2D eigenvalue weighted by Crippen LogP contribution is 2.32. The van der Waals surface area contributed by atoms with Gasteiger partial charge in [-0.3, -0.25) is 4.79 Å². The lowest BCUT2D eigenvalue weighted by Gasteiger charge is -2.38. The summed E-state index contributed by atoms with van der Waals surface area (Å²) in [5, 5.41) is 3.25. The van der Waals surface area contributed by atoms with Crippen LogP contribution in [0.1, 0.15) is 71.6 Å². The zero-order chi connectivity index (χ0) is 13.9. The molecule has 2 fully saturated rings. The molecular weight excluding hydrogens is 236 g/mol. The van der Waals surface area contributed by atoms with E-state index in [-0.39, 0.29) is 5.91 Å². The maximum atomic E-state index is 12.5. The van der Waals surface area contributed by atoms with Gasteiger partial charge < -0.3 is 11.1 Å². The largest absolute Gasteiger partial charge is 0.352 e. The Kier molecular flexibility index (Phi) is 4.88. The highest BCUT2D eigenvalue weighted by Gasteiger charge is 2.39. The van der Waals surface area contributed by atoms with E-state index in [0.717, 1.165) is 38.0 Å². The molecule has 19 heavy (non-hydrogen) atoms. The van der Waals surface area contributed by atoms with E-state index in [1.54, 1.807) is 0 Å². The summed E-state index contributed by atoms with van der Waals surface area (Å²) in [7, 11) is 0. The van der Waals surface area contributed by atoms with Gasteiger partial charge in [-0.25, -0.2) is 0 Å². The third kappa shape index (κ3) is 3.71. The maximum absolute atomic E-state index is 12.5. The molecule has 0 aromatic rings. The van der Waals surface area contributed by atoms with Crippen molar-refractivity contribution in [2.45, 2.75) is 83.2 Å². The van der Waals surface area contributed by atoms with E-state index in [9.17, 15) is 4.79 Å². The van der Waals surface area contributed by atoms with Crippen LogP contribution >= 0.6 is 0 Å². The molecule has 3 nitrogen and oxygen atoms in total. The molecule has 2 aliphatic rings. The summed E-state index contributed by atoms with van der Waals surface area (Å²) in [6.07, 6.45) is 10.1. The number of rotatable bonds is 3. The summed E-state index contributed by atoms with van der Waals surface area (Å²) < 4.78 is 0. The summed E-state index contributed by atoms with van der Waals surface area (Å²) in [4.78, 5) is 12.5.